The number of hydrogen-bond donors (Lipinski definition) is 1. The van der Waals surface area contributed by atoms with Crippen molar-refractivity contribution in [2.45, 2.75) is 13.3 Å². The highest BCUT2D eigenvalue weighted by atomic mass is 16.5. The highest BCUT2D eigenvalue weighted by molar-refractivity contribution is 5.83. The van der Waals surface area contributed by atoms with Crippen LogP contribution in [0.25, 0.3) is 0 Å². The van der Waals surface area contributed by atoms with Gasteiger partial charge in [0.2, 0.25) is 11.8 Å². The lowest BCUT2D eigenvalue weighted by Gasteiger charge is -2.20. The Morgan fingerprint density at radius 2 is 2.00 bits per heavy atom. The molecule has 21 heavy (non-hydrogen) atoms. The molecule has 0 bridgehead atoms. The van der Waals surface area contributed by atoms with Crippen molar-refractivity contribution in [3.05, 3.63) is 42.5 Å². The lowest BCUT2D eigenvalue weighted by atomic mass is 10.1. The molecule has 0 aliphatic heterocycles. The van der Waals surface area contributed by atoms with Crippen molar-refractivity contribution in [2.75, 3.05) is 26.7 Å². The maximum Gasteiger partial charge on any atom is 0.239 e. The van der Waals surface area contributed by atoms with Gasteiger partial charge in [0.05, 0.1) is 13.7 Å². The van der Waals surface area contributed by atoms with Crippen LogP contribution in [0.5, 0.6) is 5.75 Å². The van der Waals surface area contributed by atoms with Gasteiger partial charge in [-0.2, -0.15) is 0 Å². The van der Waals surface area contributed by atoms with Crippen molar-refractivity contribution in [1.29, 1.82) is 0 Å². The van der Waals surface area contributed by atoms with Gasteiger partial charge in [0.15, 0.2) is 0 Å². The second-order valence-electron chi connectivity index (χ2n) is 4.63. The number of methoxy groups -OCH3 is 1. The van der Waals surface area contributed by atoms with Crippen molar-refractivity contribution in [3.8, 4) is 5.75 Å². The monoisotopic (exact) mass is 290 g/mol. The molecule has 1 N–H and O–H groups in total. The van der Waals surface area contributed by atoms with Crippen LogP contribution in [0.1, 0.15) is 12.5 Å². The van der Waals surface area contributed by atoms with Gasteiger partial charge in [-0.3, -0.25) is 9.59 Å². The Labute approximate surface area is 125 Å². The molecular formula is C16H22N2O3. The van der Waals surface area contributed by atoms with Gasteiger partial charge in [-0.25, -0.2) is 0 Å². The third kappa shape index (κ3) is 6.12. The van der Waals surface area contributed by atoms with Crippen LogP contribution in [0.3, 0.4) is 0 Å². The first-order chi connectivity index (χ1) is 10.1. The number of rotatable bonds is 8. The number of nitrogens with zero attached hydrogens (tertiary/aromatic N) is 1. The largest absolute Gasteiger partial charge is 0.497 e. The number of nitrogens with one attached hydrogen (secondary N) is 1. The topological polar surface area (TPSA) is 58.6 Å². The van der Waals surface area contributed by atoms with E-state index in [1.54, 1.807) is 13.2 Å². The van der Waals surface area contributed by atoms with E-state index in [-0.39, 0.29) is 18.4 Å². The third-order valence-electron chi connectivity index (χ3n) is 3.05. The van der Waals surface area contributed by atoms with Crippen LogP contribution in [0.4, 0.5) is 0 Å². The van der Waals surface area contributed by atoms with Gasteiger partial charge in [0, 0.05) is 20.0 Å². The fourth-order valence-electron chi connectivity index (χ4n) is 1.82. The predicted octanol–water partition coefficient (Wildman–Crippen LogP) is 1.39. The summed E-state index contributed by atoms with van der Waals surface area (Å²) in [4.78, 5) is 24.8. The highest BCUT2D eigenvalue weighted by Crippen LogP contribution is 2.12. The summed E-state index contributed by atoms with van der Waals surface area (Å²) in [5.41, 5.74) is 1.09. The Balaban J connectivity index is 2.51. The minimum Gasteiger partial charge on any atom is -0.497 e. The molecule has 1 rings (SSSR count). The molecule has 0 saturated heterocycles. The Morgan fingerprint density at radius 3 is 2.52 bits per heavy atom. The molecule has 5 nitrogen and oxygen atoms in total. The van der Waals surface area contributed by atoms with E-state index in [1.165, 1.54) is 11.8 Å². The van der Waals surface area contributed by atoms with Crippen LogP contribution >= 0.6 is 0 Å². The second-order valence-corrected chi connectivity index (χ2v) is 4.63. The maximum atomic E-state index is 11.6. The minimum atomic E-state index is -0.181. The predicted molar refractivity (Wildman–Crippen MR) is 82.2 cm³/mol. The van der Waals surface area contributed by atoms with Gasteiger partial charge in [0.25, 0.3) is 0 Å². The molecule has 114 valence electrons. The standard InChI is InChI=1S/C16H22N2O3/c1-4-10-17-16(20)12-18(13(2)19)11-9-14-5-7-15(21-3)8-6-14/h4-8H,1,9-12H2,2-3H3,(H,17,20). The van der Waals surface area contributed by atoms with Crippen molar-refractivity contribution in [3.63, 3.8) is 0 Å². The Hall–Kier alpha value is -2.30. The Kier molecular flexibility index (Phi) is 7.01. The van der Waals surface area contributed by atoms with Gasteiger partial charge in [-0.1, -0.05) is 18.2 Å². The normalized spacial score (nSPS) is 9.81. The fraction of sp³-hybridized carbons (Fsp3) is 0.375. The first-order valence-electron chi connectivity index (χ1n) is 6.83. The first kappa shape index (κ1) is 16.8. The molecule has 0 aromatic heterocycles. The molecule has 1 aromatic rings. The first-order valence-corrected chi connectivity index (χ1v) is 6.83. The third-order valence-corrected chi connectivity index (χ3v) is 3.05. The van der Waals surface area contributed by atoms with E-state index in [0.717, 1.165) is 11.3 Å². The Morgan fingerprint density at radius 1 is 1.33 bits per heavy atom. The van der Waals surface area contributed by atoms with Gasteiger partial charge >= 0.3 is 0 Å². The molecule has 1 aromatic carbocycles. The van der Waals surface area contributed by atoms with Crippen molar-refractivity contribution in [2.24, 2.45) is 0 Å². The maximum absolute atomic E-state index is 11.6. The smallest absolute Gasteiger partial charge is 0.239 e. The molecule has 0 heterocycles. The average molecular weight is 290 g/mol. The molecule has 0 fully saturated rings. The molecule has 0 unspecified atom stereocenters. The van der Waals surface area contributed by atoms with Crippen molar-refractivity contribution in [1.82, 2.24) is 10.2 Å². The van der Waals surface area contributed by atoms with Crippen LogP contribution in [-0.4, -0.2) is 43.5 Å². The van der Waals surface area contributed by atoms with E-state index in [9.17, 15) is 9.59 Å². The number of ether oxygens (including phenoxy) is 1. The molecule has 0 aliphatic rings. The van der Waals surface area contributed by atoms with Crippen molar-refractivity contribution < 1.29 is 14.3 Å². The summed E-state index contributed by atoms with van der Waals surface area (Å²) in [7, 11) is 1.62. The van der Waals surface area contributed by atoms with E-state index in [2.05, 4.69) is 11.9 Å². The van der Waals surface area contributed by atoms with Gasteiger partial charge < -0.3 is 15.0 Å². The SMILES string of the molecule is C=CCNC(=O)CN(CCc1ccc(OC)cc1)C(C)=O. The molecule has 0 spiro atoms. The summed E-state index contributed by atoms with van der Waals surface area (Å²) in [5.74, 6) is 0.503. The van der Waals surface area contributed by atoms with Crippen LogP contribution in [-0.2, 0) is 16.0 Å². The minimum absolute atomic E-state index is 0.0688. The van der Waals surface area contributed by atoms with E-state index in [4.69, 9.17) is 4.74 Å². The molecule has 5 heteroatoms. The molecule has 0 saturated carbocycles. The lowest BCUT2D eigenvalue weighted by molar-refractivity contribution is -0.134. The zero-order valence-electron chi connectivity index (χ0n) is 12.6. The van der Waals surface area contributed by atoms with Crippen LogP contribution in [0, 0.1) is 0 Å². The molecule has 0 radical (unpaired) electrons. The molecule has 2 amide bonds. The van der Waals surface area contributed by atoms with Crippen molar-refractivity contribution >= 4 is 11.8 Å². The number of carbonyl (C=O) groups excluding carboxylic acids is 2. The number of benzene rings is 1. The van der Waals surface area contributed by atoms with Gasteiger partial charge in [-0.15, -0.1) is 6.58 Å². The average Bonchev–Trinajstić information content (AvgIpc) is 2.49. The summed E-state index contributed by atoms with van der Waals surface area (Å²) in [6, 6.07) is 7.67. The molecule has 0 atom stereocenters. The summed E-state index contributed by atoms with van der Waals surface area (Å²) < 4.78 is 5.10. The lowest BCUT2D eigenvalue weighted by Crippen LogP contribution is -2.40. The second kappa shape index (κ2) is 8.79. The van der Waals surface area contributed by atoms with E-state index in [0.29, 0.717) is 19.5 Å². The van der Waals surface area contributed by atoms with E-state index < -0.39 is 0 Å². The summed E-state index contributed by atoms with van der Waals surface area (Å²) in [6.07, 6.45) is 2.30. The van der Waals surface area contributed by atoms with Crippen LogP contribution in [0.15, 0.2) is 36.9 Å². The molecular weight excluding hydrogens is 268 g/mol. The summed E-state index contributed by atoms with van der Waals surface area (Å²) in [5, 5.41) is 2.66. The zero-order valence-corrected chi connectivity index (χ0v) is 12.6. The summed E-state index contributed by atoms with van der Waals surface area (Å²) in [6.45, 7) is 5.98. The van der Waals surface area contributed by atoms with Gasteiger partial charge in [0.1, 0.15) is 5.75 Å². The number of amides is 2. The van der Waals surface area contributed by atoms with Crippen LogP contribution in [0.2, 0.25) is 0 Å². The zero-order chi connectivity index (χ0) is 15.7. The number of hydrogen-bond acceptors (Lipinski definition) is 3. The Bertz CT molecular complexity index is 483. The quantitative estimate of drug-likeness (QED) is 0.736. The molecule has 0 aliphatic carbocycles. The van der Waals surface area contributed by atoms with E-state index >= 15 is 0 Å². The summed E-state index contributed by atoms with van der Waals surface area (Å²) >= 11 is 0. The van der Waals surface area contributed by atoms with Gasteiger partial charge in [-0.05, 0) is 24.1 Å². The van der Waals surface area contributed by atoms with Crippen LogP contribution < -0.4 is 10.1 Å². The highest BCUT2D eigenvalue weighted by Gasteiger charge is 2.12. The fourth-order valence-corrected chi connectivity index (χ4v) is 1.82. The van der Waals surface area contributed by atoms with E-state index in [1.807, 2.05) is 24.3 Å². The number of carbonyl (C=O) groups is 2.